The van der Waals surface area contributed by atoms with Crippen molar-refractivity contribution in [1.29, 1.82) is 0 Å². The average molecular weight is 329 g/mol. The minimum absolute atomic E-state index is 0.260. The minimum Gasteiger partial charge on any atom is -0.120 e. The monoisotopic (exact) mass is 328 g/mol. The van der Waals surface area contributed by atoms with E-state index in [1.807, 2.05) is 11.8 Å². The van der Waals surface area contributed by atoms with Crippen LogP contribution < -0.4 is 0 Å². The fourth-order valence-corrected chi connectivity index (χ4v) is 4.30. The lowest BCUT2D eigenvalue weighted by Crippen LogP contribution is -2.17. The Kier molecular flexibility index (Phi) is 6.59. The first-order valence-electron chi connectivity index (χ1n) is 9.00. The summed E-state index contributed by atoms with van der Waals surface area (Å²) in [5.74, 6) is 0. The van der Waals surface area contributed by atoms with E-state index in [1.54, 1.807) is 0 Å². The Balaban J connectivity index is 2.17. The first kappa shape index (κ1) is 18.4. The van der Waals surface area contributed by atoms with Crippen LogP contribution in [0, 0.1) is 0 Å². The van der Waals surface area contributed by atoms with Gasteiger partial charge < -0.3 is 0 Å². The Morgan fingerprint density at radius 2 is 1.35 bits per heavy atom. The van der Waals surface area contributed by atoms with Gasteiger partial charge in [0.25, 0.3) is 0 Å². The molecule has 0 saturated heterocycles. The summed E-state index contributed by atoms with van der Waals surface area (Å²) in [6.07, 6.45) is 16.4. The van der Waals surface area contributed by atoms with Gasteiger partial charge in [0.05, 0.1) is 0 Å². The highest BCUT2D eigenvalue weighted by molar-refractivity contribution is 8.00. The van der Waals surface area contributed by atoms with E-state index in [2.05, 4.69) is 76.3 Å². The van der Waals surface area contributed by atoms with Crippen LogP contribution in [0.1, 0.15) is 71.8 Å². The molecule has 0 unspecified atom stereocenters. The molecule has 1 aromatic rings. The van der Waals surface area contributed by atoms with E-state index in [0.717, 1.165) is 0 Å². The van der Waals surface area contributed by atoms with Crippen LogP contribution in [-0.2, 0) is 5.41 Å². The molecule has 0 aliphatic carbocycles. The number of fused-ring (bicyclic) bond motifs is 12. The number of benzene rings is 1. The zero-order chi connectivity index (χ0) is 16.8. The van der Waals surface area contributed by atoms with E-state index in [0.29, 0.717) is 4.75 Å². The molecular weight excluding hydrogens is 296 g/mol. The second-order valence-corrected chi connectivity index (χ2v) is 9.69. The highest BCUT2D eigenvalue weighted by Gasteiger charge is 2.22. The standard InChI is InChI=1S/C22H32S/c1-21(2)17-11-9-7-5-6-8-10-12-18-22(3,4)23-20-15-13-19(21)14-16-20/h5-8,13-16H,9-12,17-18H2,1-4H3/b7-5-,8-6-. The number of hydrogen-bond acceptors (Lipinski definition) is 1. The molecule has 0 N–H and O–H groups in total. The summed E-state index contributed by atoms with van der Waals surface area (Å²) in [5.41, 5.74) is 1.73. The van der Waals surface area contributed by atoms with Crippen molar-refractivity contribution in [3.8, 4) is 0 Å². The van der Waals surface area contributed by atoms with Crippen LogP contribution in [0.25, 0.3) is 0 Å². The molecule has 0 amide bonds. The van der Waals surface area contributed by atoms with Crippen molar-refractivity contribution >= 4 is 11.8 Å². The zero-order valence-corrected chi connectivity index (χ0v) is 16.1. The molecule has 23 heavy (non-hydrogen) atoms. The molecule has 2 bridgehead atoms. The maximum atomic E-state index is 2.37. The average Bonchev–Trinajstić information content (AvgIpc) is 2.48. The van der Waals surface area contributed by atoms with Gasteiger partial charge >= 0.3 is 0 Å². The second-order valence-electron chi connectivity index (χ2n) is 7.91. The molecule has 0 saturated carbocycles. The third-order valence-corrected chi connectivity index (χ3v) is 6.00. The molecule has 0 spiro atoms. The lowest BCUT2D eigenvalue weighted by molar-refractivity contribution is 0.463. The maximum absolute atomic E-state index is 2.37. The topological polar surface area (TPSA) is 0 Å². The molecule has 0 radical (unpaired) electrons. The largest absolute Gasteiger partial charge is 0.120 e. The molecular formula is C22H32S. The Labute approximate surface area is 147 Å². The number of hydrogen-bond donors (Lipinski definition) is 0. The van der Waals surface area contributed by atoms with Gasteiger partial charge in [0, 0.05) is 9.64 Å². The molecule has 1 heteroatoms. The molecule has 0 aromatic heterocycles. The van der Waals surface area contributed by atoms with Gasteiger partial charge in [0.1, 0.15) is 0 Å². The maximum Gasteiger partial charge on any atom is 0.0151 e. The normalized spacial score (nSPS) is 24.7. The summed E-state index contributed by atoms with van der Waals surface area (Å²) in [6, 6.07) is 9.32. The Morgan fingerprint density at radius 1 is 0.783 bits per heavy atom. The van der Waals surface area contributed by atoms with Gasteiger partial charge in [-0.3, -0.25) is 0 Å². The van der Waals surface area contributed by atoms with Crippen LogP contribution in [0.2, 0.25) is 0 Å². The molecule has 0 atom stereocenters. The summed E-state index contributed by atoms with van der Waals surface area (Å²) in [4.78, 5) is 1.40. The predicted octanol–water partition coefficient (Wildman–Crippen LogP) is 7.30. The minimum atomic E-state index is 0.260. The summed E-state index contributed by atoms with van der Waals surface area (Å²) in [5, 5.41) is 0. The Bertz CT molecular complexity index is 532. The van der Waals surface area contributed by atoms with Gasteiger partial charge in [-0.2, -0.15) is 0 Å². The molecule has 2 heterocycles. The van der Waals surface area contributed by atoms with Gasteiger partial charge in [-0.1, -0.05) is 64.1 Å². The van der Waals surface area contributed by atoms with E-state index in [1.165, 1.54) is 49.0 Å². The summed E-state index contributed by atoms with van der Waals surface area (Å²) < 4.78 is 0.300. The number of thioether (sulfide) groups is 1. The first-order valence-corrected chi connectivity index (χ1v) is 9.82. The van der Waals surface area contributed by atoms with Crippen LogP contribution in [-0.4, -0.2) is 4.75 Å². The predicted molar refractivity (Wildman–Crippen MR) is 105 cm³/mol. The SMILES string of the molecule is CC1(C)CCC/C=C\C=C/CCCC(C)(C)c2ccc(cc2)S1. The van der Waals surface area contributed by atoms with E-state index < -0.39 is 0 Å². The Morgan fingerprint density at radius 3 is 1.96 bits per heavy atom. The van der Waals surface area contributed by atoms with Crippen molar-refractivity contribution in [2.45, 2.75) is 81.3 Å². The zero-order valence-electron chi connectivity index (χ0n) is 15.3. The van der Waals surface area contributed by atoms with Crippen LogP contribution >= 0.6 is 11.8 Å². The van der Waals surface area contributed by atoms with Gasteiger partial charge in [0.15, 0.2) is 0 Å². The van der Waals surface area contributed by atoms with E-state index in [9.17, 15) is 0 Å². The van der Waals surface area contributed by atoms with Crippen molar-refractivity contribution in [1.82, 2.24) is 0 Å². The van der Waals surface area contributed by atoms with Crippen LogP contribution in [0.15, 0.2) is 53.5 Å². The molecule has 2 aliphatic rings. The highest BCUT2D eigenvalue weighted by Crippen LogP contribution is 2.38. The van der Waals surface area contributed by atoms with Crippen molar-refractivity contribution in [3.63, 3.8) is 0 Å². The number of allylic oxidation sites excluding steroid dienone is 4. The quantitative estimate of drug-likeness (QED) is 0.481. The molecule has 0 nitrogen and oxygen atoms in total. The third kappa shape index (κ3) is 6.22. The number of rotatable bonds is 0. The van der Waals surface area contributed by atoms with Crippen LogP contribution in [0.5, 0.6) is 0 Å². The van der Waals surface area contributed by atoms with Gasteiger partial charge in [0.2, 0.25) is 0 Å². The van der Waals surface area contributed by atoms with Gasteiger partial charge in [-0.25, -0.2) is 0 Å². The lowest BCUT2D eigenvalue weighted by atomic mass is 9.80. The van der Waals surface area contributed by atoms with Crippen molar-refractivity contribution in [2.24, 2.45) is 0 Å². The van der Waals surface area contributed by atoms with Crippen molar-refractivity contribution in [3.05, 3.63) is 54.1 Å². The van der Waals surface area contributed by atoms with Gasteiger partial charge in [-0.05, 0) is 61.6 Å². The summed E-state index contributed by atoms with van der Waals surface area (Å²) >= 11 is 2.02. The van der Waals surface area contributed by atoms with E-state index in [-0.39, 0.29) is 5.41 Å². The fraction of sp³-hybridized carbons (Fsp3) is 0.545. The third-order valence-electron chi connectivity index (χ3n) is 4.74. The Hall–Kier alpha value is -0.950. The summed E-state index contributed by atoms with van der Waals surface area (Å²) in [6.45, 7) is 9.48. The summed E-state index contributed by atoms with van der Waals surface area (Å²) in [7, 11) is 0. The smallest absolute Gasteiger partial charge is 0.0151 e. The van der Waals surface area contributed by atoms with Gasteiger partial charge in [-0.15, -0.1) is 11.8 Å². The van der Waals surface area contributed by atoms with E-state index in [4.69, 9.17) is 0 Å². The first-order chi connectivity index (χ1) is 10.9. The van der Waals surface area contributed by atoms with Crippen molar-refractivity contribution < 1.29 is 0 Å². The lowest BCUT2D eigenvalue weighted by Gasteiger charge is -2.27. The van der Waals surface area contributed by atoms with Crippen LogP contribution in [0.3, 0.4) is 0 Å². The molecule has 3 rings (SSSR count). The molecule has 1 aromatic carbocycles. The molecule has 0 fully saturated rings. The molecule has 2 aliphatic heterocycles. The van der Waals surface area contributed by atoms with E-state index >= 15 is 0 Å². The second kappa shape index (κ2) is 8.24. The fourth-order valence-electron chi connectivity index (χ4n) is 3.15. The molecule has 126 valence electrons. The van der Waals surface area contributed by atoms with Crippen LogP contribution in [0.4, 0.5) is 0 Å². The highest BCUT2D eigenvalue weighted by atomic mass is 32.2. The van der Waals surface area contributed by atoms with Crippen molar-refractivity contribution in [2.75, 3.05) is 0 Å².